The van der Waals surface area contributed by atoms with Crippen molar-refractivity contribution in [2.45, 2.75) is 38.8 Å². The predicted octanol–water partition coefficient (Wildman–Crippen LogP) is 4.22. The molecule has 2 aliphatic rings. The minimum absolute atomic E-state index is 0.715. The number of piperidine rings is 1. The molecule has 2 aliphatic heterocycles. The first-order chi connectivity index (χ1) is 13.7. The molecule has 3 heterocycles. The van der Waals surface area contributed by atoms with Crippen molar-refractivity contribution in [1.82, 2.24) is 14.8 Å². The molecule has 0 saturated carbocycles. The van der Waals surface area contributed by atoms with Gasteiger partial charge in [0.15, 0.2) is 0 Å². The van der Waals surface area contributed by atoms with Crippen molar-refractivity contribution in [2.75, 3.05) is 44.2 Å². The Balaban J connectivity index is 1.28. The van der Waals surface area contributed by atoms with Gasteiger partial charge in [0.25, 0.3) is 0 Å². The number of aromatic nitrogens is 1. The molecule has 1 aromatic carbocycles. The van der Waals surface area contributed by atoms with E-state index in [4.69, 9.17) is 11.6 Å². The fraction of sp³-hybridized carbons (Fsp3) is 0.522. The summed E-state index contributed by atoms with van der Waals surface area (Å²) in [7, 11) is 0. The standard InChI is InChI=1S/C23H31ClN4/c1-19-6-7-22(17-23(19)24)28-13-8-21(9-14-28)27-12-4-11-26(15-16-27)18-20-5-2-3-10-25-20/h2-3,5-7,10,17,21H,4,8-9,11-16,18H2,1H3. The normalized spacial score (nSPS) is 20.3. The Bertz CT molecular complexity index is 758. The lowest BCUT2D eigenvalue weighted by Crippen LogP contribution is -2.46. The van der Waals surface area contributed by atoms with Crippen LogP contribution in [0.2, 0.25) is 5.02 Å². The number of aryl methyl sites for hydroxylation is 1. The zero-order valence-corrected chi connectivity index (χ0v) is 17.6. The van der Waals surface area contributed by atoms with Crippen LogP contribution in [0.3, 0.4) is 0 Å². The van der Waals surface area contributed by atoms with Gasteiger partial charge in [-0.25, -0.2) is 0 Å². The summed E-state index contributed by atoms with van der Waals surface area (Å²) in [6.45, 7) is 10.00. The van der Waals surface area contributed by atoms with E-state index in [-0.39, 0.29) is 0 Å². The van der Waals surface area contributed by atoms with Crippen molar-refractivity contribution in [1.29, 1.82) is 0 Å². The fourth-order valence-corrected chi connectivity index (χ4v) is 4.68. The molecule has 2 aromatic rings. The minimum Gasteiger partial charge on any atom is -0.371 e. The Morgan fingerprint density at radius 3 is 2.61 bits per heavy atom. The number of pyridine rings is 1. The fourth-order valence-electron chi connectivity index (χ4n) is 4.50. The Morgan fingerprint density at radius 1 is 1.00 bits per heavy atom. The van der Waals surface area contributed by atoms with Gasteiger partial charge in [0.2, 0.25) is 0 Å². The van der Waals surface area contributed by atoms with Crippen LogP contribution in [0.1, 0.15) is 30.5 Å². The summed E-state index contributed by atoms with van der Waals surface area (Å²) in [5.41, 5.74) is 3.60. The van der Waals surface area contributed by atoms with Crippen molar-refractivity contribution in [3.63, 3.8) is 0 Å². The number of nitrogens with zero attached hydrogens (tertiary/aromatic N) is 4. The summed E-state index contributed by atoms with van der Waals surface area (Å²) in [6.07, 6.45) is 5.63. The SMILES string of the molecule is Cc1ccc(N2CCC(N3CCCN(Cc4ccccn4)CC3)CC2)cc1Cl. The summed E-state index contributed by atoms with van der Waals surface area (Å²) < 4.78 is 0. The lowest BCUT2D eigenvalue weighted by atomic mass is 10.0. The molecule has 4 rings (SSSR count). The monoisotopic (exact) mass is 398 g/mol. The maximum absolute atomic E-state index is 6.33. The topological polar surface area (TPSA) is 22.6 Å². The molecule has 0 atom stereocenters. The summed E-state index contributed by atoms with van der Waals surface area (Å²) in [6, 6.07) is 13.4. The number of hydrogen-bond donors (Lipinski definition) is 0. The number of halogens is 1. The molecule has 150 valence electrons. The van der Waals surface area contributed by atoms with Crippen LogP contribution in [0.25, 0.3) is 0 Å². The maximum atomic E-state index is 6.33. The van der Waals surface area contributed by atoms with Crippen molar-refractivity contribution >= 4 is 17.3 Å². The first-order valence-corrected chi connectivity index (χ1v) is 10.9. The van der Waals surface area contributed by atoms with Crippen molar-refractivity contribution in [3.05, 3.63) is 58.9 Å². The van der Waals surface area contributed by atoms with Gasteiger partial charge in [0, 0.05) is 55.7 Å². The first-order valence-electron chi connectivity index (χ1n) is 10.6. The van der Waals surface area contributed by atoms with Gasteiger partial charge in [-0.2, -0.15) is 0 Å². The van der Waals surface area contributed by atoms with Crippen LogP contribution < -0.4 is 4.90 Å². The molecule has 0 amide bonds. The molecule has 0 aliphatic carbocycles. The highest BCUT2D eigenvalue weighted by Gasteiger charge is 2.26. The highest BCUT2D eigenvalue weighted by molar-refractivity contribution is 6.31. The van der Waals surface area contributed by atoms with E-state index in [0.717, 1.165) is 36.8 Å². The van der Waals surface area contributed by atoms with Crippen molar-refractivity contribution in [3.8, 4) is 0 Å². The van der Waals surface area contributed by atoms with Gasteiger partial charge in [0.05, 0.1) is 5.69 Å². The van der Waals surface area contributed by atoms with Crippen LogP contribution in [0.5, 0.6) is 0 Å². The Kier molecular flexibility index (Phi) is 6.50. The van der Waals surface area contributed by atoms with Crippen LogP contribution in [0, 0.1) is 6.92 Å². The van der Waals surface area contributed by atoms with Crippen molar-refractivity contribution in [2.24, 2.45) is 0 Å². The van der Waals surface area contributed by atoms with Gasteiger partial charge < -0.3 is 4.90 Å². The number of anilines is 1. The second kappa shape index (κ2) is 9.25. The van der Waals surface area contributed by atoms with Gasteiger partial charge in [-0.1, -0.05) is 23.7 Å². The van der Waals surface area contributed by atoms with E-state index in [0.29, 0.717) is 6.04 Å². The molecular formula is C23H31ClN4. The second-order valence-electron chi connectivity index (χ2n) is 8.14. The molecule has 1 aromatic heterocycles. The molecule has 0 bridgehead atoms. The summed E-state index contributed by atoms with van der Waals surface area (Å²) in [5.74, 6) is 0. The maximum Gasteiger partial charge on any atom is 0.0543 e. The third-order valence-corrected chi connectivity index (χ3v) is 6.64. The lowest BCUT2D eigenvalue weighted by molar-refractivity contribution is 0.170. The summed E-state index contributed by atoms with van der Waals surface area (Å²) >= 11 is 6.33. The van der Waals surface area contributed by atoms with Gasteiger partial charge in [0.1, 0.15) is 0 Å². The van der Waals surface area contributed by atoms with E-state index in [1.807, 2.05) is 12.3 Å². The summed E-state index contributed by atoms with van der Waals surface area (Å²) in [4.78, 5) is 12.3. The Hall–Kier alpha value is -1.62. The third kappa shape index (κ3) is 4.86. The highest BCUT2D eigenvalue weighted by atomic mass is 35.5. The van der Waals surface area contributed by atoms with Gasteiger partial charge in [-0.15, -0.1) is 0 Å². The quantitative estimate of drug-likeness (QED) is 0.768. The smallest absolute Gasteiger partial charge is 0.0543 e. The number of rotatable bonds is 4. The summed E-state index contributed by atoms with van der Waals surface area (Å²) in [5, 5.41) is 0.875. The molecule has 0 N–H and O–H groups in total. The van der Waals surface area contributed by atoms with Crippen LogP contribution in [-0.2, 0) is 6.54 Å². The lowest BCUT2D eigenvalue weighted by Gasteiger charge is -2.39. The molecule has 28 heavy (non-hydrogen) atoms. The predicted molar refractivity (Wildman–Crippen MR) is 117 cm³/mol. The zero-order valence-electron chi connectivity index (χ0n) is 16.9. The van der Waals surface area contributed by atoms with Gasteiger partial charge >= 0.3 is 0 Å². The molecule has 2 fully saturated rings. The molecule has 0 unspecified atom stereocenters. The zero-order chi connectivity index (χ0) is 19.3. The third-order valence-electron chi connectivity index (χ3n) is 6.24. The largest absolute Gasteiger partial charge is 0.371 e. The van der Waals surface area contributed by atoms with E-state index >= 15 is 0 Å². The van der Waals surface area contributed by atoms with E-state index in [1.54, 1.807) is 0 Å². The molecule has 0 radical (unpaired) electrons. The minimum atomic E-state index is 0.715. The first kappa shape index (κ1) is 19.7. The Morgan fingerprint density at radius 2 is 1.86 bits per heavy atom. The van der Waals surface area contributed by atoms with E-state index in [1.165, 1.54) is 50.3 Å². The number of benzene rings is 1. The molecule has 2 saturated heterocycles. The van der Waals surface area contributed by atoms with Crippen LogP contribution in [0.4, 0.5) is 5.69 Å². The van der Waals surface area contributed by atoms with Crippen LogP contribution in [-0.4, -0.2) is 60.1 Å². The van der Waals surface area contributed by atoms with Gasteiger partial charge in [-0.05, 0) is 69.1 Å². The van der Waals surface area contributed by atoms with Gasteiger partial charge in [-0.3, -0.25) is 14.8 Å². The van der Waals surface area contributed by atoms with E-state index in [9.17, 15) is 0 Å². The second-order valence-corrected chi connectivity index (χ2v) is 8.55. The van der Waals surface area contributed by atoms with E-state index < -0.39 is 0 Å². The average Bonchev–Trinajstić information content (AvgIpc) is 2.97. The molecular weight excluding hydrogens is 368 g/mol. The highest BCUT2D eigenvalue weighted by Crippen LogP contribution is 2.27. The Labute approximate surface area is 174 Å². The van der Waals surface area contributed by atoms with Crippen LogP contribution >= 0.6 is 11.6 Å². The molecule has 0 spiro atoms. The molecule has 4 nitrogen and oxygen atoms in total. The molecule has 5 heteroatoms. The number of hydrogen-bond acceptors (Lipinski definition) is 4. The average molecular weight is 399 g/mol. The van der Waals surface area contributed by atoms with Crippen molar-refractivity contribution < 1.29 is 0 Å². The van der Waals surface area contributed by atoms with E-state index in [2.05, 4.69) is 56.9 Å². The van der Waals surface area contributed by atoms with Crippen LogP contribution in [0.15, 0.2) is 42.6 Å².